The summed E-state index contributed by atoms with van der Waals surface area (Å²) in [5, 5.41) is 14.4. The smallest absolute Gasteiger partial charge is 0.326 e. The molecule has 2 atom stereocenters. The van der Waals surface area contributed by atoms with E-state index in [1.807, 2.05) is 30.3 Å². The normalized spacial score (nSPS) is 12.6. The van der Waals surface area contributed by atoms with Gasteiger partial charge in [0, 0.05) is 13.3 Å². The Kier molecular flexibility index (Phi) is 8.33. The fraction of sp³-hybridized carbons (Fsp3) is 0.318. The summed E-state index contributed by atoms with van der Waals surface area (Å²) in [6.07, 6.45) is 1.42. The maximum absolute atomic E-state index is 13.9. The number of aryl methyl sites for hydroxylation is 1. The maximum Gasteiger partial charge on any atom is 0.326 e. The van der Waals surface area contributed by atoms with Crippen LogP contribution >= 0.6 is 0 Å². The van der Waals surface area contributed by atoms with Gasteiger partial charge >= 0.3 is 5.97 Å². The molecule has 7 heteroatoms. The number of carbonyl (C=O) groups is 3. The number of benzene rings is 2. The summed E-state index contributed by atoms with van der Waals surface area (Å²) in [6.45, 7) is 1.25. The summed E-state index contributed by atoms with van der Waals surface area (Å²) < 4.78 is 13.9. The van der Waals surface area contributed by atoms with E-state index in [0.29, 0.717) is 12.8 Å². The predicted octanol–water partition coefficient (Wildman–Crippen LogP) is 2.47. The van der Waals surface area contributed by atoms with Gasteiger partial charge in [-0.05, 0) is 36.5 Å². The fourth-order valence-corrected chi connectivity index (χ4v) is 3.02. The molecule has 2 aromatic carbocycles. The van der Waals surface area contributed by atoms with Gasteiger partial charge in [-0.25, -0.2) is 9.18 Å². The topological polar surface area (TPSA) is 95.5 Å². The molecule has 0 unspecified atom stereocenters. The molecule has 0 aliphatic rings. The van der Waals surface area contributed by atoms with Crippen LogP contribution in [0.25, 0.3) is 0 Å². The van der Waals surface area contributed by atoms with Crippen LogP contribution in [-0.4, -0.2) is 35.0 Å². The highest BCUT2D eigenvalue weighted by molar-refractivity contribution is 5.90. The molecule has 154 valence electrons. The van der Waals surface area contributed by atoms with Crippen molar-refractivity contribution in [1.82, 2.24) is 10.6 Å². The number of halogens is 1. The Balaban J connectivity index is 2.00. The van der Waals surface area contributed by atoms with Gasteiger partial charge in [-0.1, -0.05) is 48.5 Å². The first-order valence-electron chi connectivity index (χ1n) is 9.44. The molecule has 2 rings (SSSR count). The van der Waals surface area contributed by atoms with Gasteiger partial charge in [0.1, 0.15) is 17.9 Å². The number of nitrogens with one attached hydrogen (secondary N) is 2. The molecule has 2 aromatic rings. The molecule has 0 aliphatic carbocycles. The molecule has 0 aliphatic heterocycles. The van der Waals surface area contributed by atoms with E-state index in [2.05, 4.69) is 10.6 Å². The van der Waals surface area contributed by atoms with E-state index in [1.54, 1.807) is 6.07 Å². The molecular formula is C22H25FN2O4. The van der Waals surface area contributed by atoms with Crippen molar-refractivity contribution >= 4 is 17.8 Å². The van der Waals surface area contributed by atoms with Gasteiger partial charge in [0.15, 0.2) is 0 Å². The van der Waals surface area contributed by atoms with Crippen molar-refractivity contribution in [2.75, 3.05) is 0 Å². The number of carboxylic acids is 1. The number of hydrogen-bond donors (Lipinski definition) is 3. The molecule has 0 spiro atoms. The molecule has 6 nitrogen and oxygen atoms in total. The third-order valence-corrected chi connectivity index (χ3v) is 4.49. The van der Waals surface area contributed by atoms with E-state index < -0.39 is 35.7 Å². The summed E-state index contributed by atoms with van der Waals surface area (Å²) in [5.74, 6) is -2.76. The fourth-order valence-electron chi connectivity index (χ4n) is 3.02. The first-order chi connectivity index (χ1) is 13.9. The Morgan fingerprint density at radius 2 is 1.62 bits per heavy atom. The van der Waals surface area contributed by atoms with Crippen molar-refractivity contribution in [2.45, 2.75) is 44.7 Å². The van der Waals surface area contributed by atoms with Crippen molar-refractivity contribution < 1.29 is 23.9 Å². The molecular weight excluding hydrogens is 375 g/mol. The Hall–Kier alpha value is -3.22. The number of rotatable bonds is 10. The second-order valence-electron chi connectivity index (χ2n) is 6.83. The molecule has 0 saturated heterocycles. The van der Waals surface area contributed by atoms with E-state index in [9.17, 15) is 23.9 Å². The minimum absolute atomic E-state index is 0.0750. The van der Waals surface area contributed by atoms with Gasteiger partial charge in [0.25, 0.3) is 0 Å². The SMILES string of the molecule is CC(=O)N[C@@H](Cc1ccccc1F)C(=O)N[C@H](CCCc1ccccc1)C(=O)O. The quantitative estimate of drug-likeness (QED) is 0.571. The molecule has 0 heterocycles. The van der Waals surface area contributed by atoms with Crippen molar-refractivity contribution in [1.29, 1.82) is 0 Å². The standard InChI is InChI=1S/C22H25FN2O4/c1-15(26)24-20(14-17-11-5-6-12-18(17)23)21(27)25-19(22(28)29)13-7-10-16-8-3-2-4-9-16/h2-6,8-9,11-12,19-20H,7,10,13-14H2,1H3,(H,24,26)(H,25,27)(H,28,29)/t19-,20+/m1/s1. The van der Waals surface area contributed by atoms with Crippen LogP contribution in [0.3, 0.4) is 0 Å². The third-order valence-electron chi connectivity index (χ3n) is 4.49. The molecule has 0 bridgehead atoms. The minimum Gasteiger partial charge on any atom is -0.480 e. The second kappa shape index (κ2) is 10.9. The first kappa shape index (κ1) is 22.1. The van der Waals surface area contributed by atoms with E-state index in [4.69, 9.17) is 0 Å². The van der Waals surface area contributed by atoms with Gasteiger partial charge in [-0.3, -0.25) is 9.59 Å². The van der Waals surface area contributed by atoms with Crippen LogP contribution in [-0.2, 0) is 27.2 Å². The van der Waals surface area contributed by atoms with Crippen molar-refractivity contribution in [3.63, 3.8) is 0 Å². The highest BCUT2D eigenvalue weighted by Crippen LogP contribution is 2.11. The lowest BCUT2D eigenvalue weighted by Crippen LogP contribution is -2.52. The van der Waals surface area contributed by atoms with Gasteiger partial charge < -0.3 is 15.7 Å². The molecule has 0 radical (unpaired) electrons. The zero-order chi connectivity index (χ0) is 21.2. The predicted molar refractivity (Wildman–Crippen MR) is 107 cm³/mol. The molecule has 0 fully saturated rings. The third kappa shape index (κ3) is 7.37. The lowest BCUT2D eigenvalue weighted by atomic mass is 10.0. The van der Waals surface area contributed by atoms with Crippen molar-refractivity contribution in [3.8, 4) is 0 Å². The van der Waals surface area contributed by atoms with Gasteiger partial charge in [-0.15, -0.1) is 0 Å². The summed E-state index contributed by atoms with van der Waals surface area (Å²) in [4.78, 5) is 35.7. The molecule has 3 N–H and O–H groups in total. The Morgan fingerprint density at radius 3 is 2.24 bits per heavy atom. The molecule has 0 saturated carbocycles. The minimum atomic E-state index is -1.15. The Morgan fingerprint density at radius 1 is 0.966 bits per heavy atom. The molecule has 2 amide bonds. The number of amides is 2. The molecule has 0 aromatic heterocycles. The molecule has 29 heavy (non-hydrogen) atoms. The second-order valence-corrected chi connectivity index (χ2v) is 6.83. The lowest BCUT2D eigenvalue weighted by molar-refractivity contribution is -0.142. The van der Waals surface area contributed by atoms with E-state index in [0.717, 1.165) is 5.56 Å². The van der Waals surface area contributed by atoms with Crippen molar-refractivity contribution in [3.05, 3.63) is 71.5 Å². The van der Waals surface area contributed by atoms with E-state index in [1.165, 1.54) is 25.1 Å². The zero-order valence-electron chi connectivity index (χ0n) is 16.2. The van der Waals surface area contributed by atoms with Gasteiger partial charge in [-0.2, -0.15) is 0 Å². The van der Waals surface area contributed by atoms with Crippen LogP contribution < -0.4 is 10.6 Å². The number of hydrogen-bond acceptors (Lipinski definition) is 3. The van der Waals surface area contributed by atoms with Crippen LogP contribution in [0.4, 0.5) is 4.39 Å². The average Bonchev–Trinajstić information content (AvgIpc) is 2.68. The van der Waals surface area contributed by atoms with Crippen LogP contribution in [0.15, 0.2) is 54.6 Å². The highest BCUT2D eigenvalue weighted by Gasteiger charge is 2.26. The van der Waals surface area contributed by atoms with Crippen LogP contribution in [0.2, 0.25) is 0 Å². The number of carbonyl (C=O) groups excluding carboxylic acids is 2. The van der Waals surface area contributed by atoms with E-state index in [-0.39, 0.29) is 18.4 Å². The van der Waals surface area contributed by atoms with Gasteiger partial charge in [0.2, 0.25) is 11.8 Å². The Labute approximate surface area is 169 Å². The average molecular weight is 400 g/mol. The number of aliphatic carboxylic acids is 1. The highest BCUT2D eigenvalue weighted by atomic mass is 19.1. The summed E-state index contributed by atoms with van der Waals surface area (Å²) in [6, 6.07) is 13.4. The summed E-state index contributed by atoms with van der Waals surface area (Å²) in [7, 11) is 0. The Bertz CT molecular complexity index is 842. The van der Waals surface area contributed by atoms with Crippen LogP contribution in [0.5, 0.6) is 0 Å². The zero-order valence-corrected chi connectivity index (χ0v) is 16.2. The summed E-state index contributed by atoms with van der Waals surface area (Å²) in [5.41, 5.74) is 1.34. The number of carboxylic acid groups (broad SMARTS) is 1. The van der Waals surface area contributed by atoms with Crippen LogP contribution in [0, 0.1) is 5.82 Å². The summed E-state index contributed by atoms with van der Waals surface area (Å²) >= 11 is 0. The first-order valence-corrected chi connectivity index (χ1v) is 9.44. The van der Waals surface area contributed by atoms with E-state index >= 15 is 0 Å². The monoisotopic (exact) mass is 400 g/mol. The lowest BCUT2D eigenvalue weighted by Gasteiger charge is -2.21. The van der Waals surface area contributed by atoms with Crippen LogP contribution in [0.1, 0.15) is 30.9 Å². The van der Waals surface area contributed by atoms with Crippen molar-refractivity contribution in [2.24, 2.45) is 0 Å². The largest absolute Gasteiger partial charge is 0.480 e. The maximum atomic E-state index is 13.9. The van der Waals surface area contributed by atoms with Gasteiger partial charge in [0.05, 0.1) is 0 Å².